The van der Waals surface area contributed by atoms with Crippen molar-refractivity contribution in [3.05, 3.63) is 52.1 Å². The van der Waals surface area contributed by atoms with Crippen molar-refractivity contribution in [2.75, 3.05) is 6.61 Å². The van der Waals surface area contributed by atoms with Crippen molar-refractivity contribution in [1.29, 1.82) is 0 Å². The van der Waals surface area contributed by atoms with Gasteiger partial charge in [0.1, 0.15) is 5.76 Å². The number of fused-ring (bicyclic) bond motifs is 3. The number of Topliss-reactive ketones (excluding diaryl/α,β-unsaturated/α-hetero) is 2. The van der Waals surface area contributed by atoms with Gasteiger partial charge in [0.05, 0.1) is 12.2 Å². The summed E-state index contributed by atoms with van der Waals surface area (Å²) in [6.45, 7) is 8.25. The third kappa shape index (κ3) is 9.15. The molecule has 2 aliphatic rings. The lowest BCUT2D eigenvalue weighted by atomic mass is 9.69. The average molecular weight is 579 g/mol. The zero-order chi connectivity index (χ0) is 30.5. The summed E-state index contributed by atoms with van der Waals surface area (Å²) in [5.74, 6) is -2.26. The number of ketones is 2. The molecule has 5 heteroatoms. The van der Waals surface area contributed by atoms with Crippen LogP contribution in [0.1, 0.15) is 157 Å². The lowest BCUT2D eigenvalue weighted by Crippen LogP contribution is -2.33. The number of allylic oxidation sites excluding steroid dienone is 2. The van der Waals surface area contributed by atoms with Crippen molar-refractivity contribution in [3.8, 4) is 0 Å². The van der Waals surface area contributed by atoms with Crippen LogP contribution in [0.25, 0.3) is 5.76 Å². The van der Waals surface area contributed by atoms with E-state index in [2.05, 4.69) is 32.9 Å². The monoisotopic (exact) mass is 578 g/mol. The molecule has 3 rings (SSSR count). The Kier molecular flexibility index (Phi) is 13.5. The molecule has 0 amide bonds. The summed E-state index contributed by atoms with van der Waals surface area (Å²) in [6.07, 6.45) is 23.3. The summed E-state index contributed by atoms with van der Waals surface area (Å²) >= 11 is 0. The quantitative estimate of drug-likeness (QED) is 0.0812. The van der Waals surface area contributed by atoms with Crippen LogP contribution < -0.4 is 0 Å². The standard InChI is InChI=1S/C37H54O5/c1-5-6-7-8-9-10-11-12-13-14-15-16-17-18-19-22-31(38)42-26-27(2)32-34(39)29-23-24-30-28(21-20-25-37(30,3)4)33(29)36(41)35(32)40/h12-13,23-24,27,39H,5-11,14-22,25-26H2,1-4H3/b13-12-/t27-/m1/s1. The predicted octanol–water partition coefficient (Wildman–Crippen LogP) is 9.55. The van der Waals surface area contributed by atoms with Crippen LogP contribution in [0.5, 0.6) is 0 Å². The summed E-state index contributed by atoms with van der Waals surface area (Å²) in [7, 11) is 0. The van der Waals surface area contributed by atoms with Crippen molar-refractivity contribution in [3.63, 3.8) is 0 Å². The molecule has 0 spiro atoms. The van der Waals surface area contributed by atoms with Crippen molar-refractivity contribution in [2.24, 2.45) is 5.92 Å². The van der Waals surface area contributed by atoms with E-state index in [1.165, 1.54) is 57.8 Å². The highest BCUT2D eigenvalue weighted by atomic mass is 16.5. The molecule has 1 atom stereocenters. The molecule has 1 aromatic carbocycles. The minimum absolute atomic E-state index is 0.0321. The van der Waals surface area contributed by atoms with Crippen LogP contribution in [-0.4, -0.2) is 29.2 Å². The Morgan fingerprint density at radius 1 is 0.929 bits per heavy atom. The Hall–Kier alpha value is -2.69. The number of hydrogen-bond donors (Lipinski definition) is 1. The highest BCUT2D eigenvalue weighted by Crippen LogP contribution is 2.42. The Bertz CT molecular complexity index is 1140. The molecule has 2 aliphatic carbocycles. The molecule has 1 aromatic rings. The van der Waals surface area contributed by atoms with Crippen LogP contribution in [0.3, 0.4) is 0 Å². The number of carbonyl (C=O) groups is 3. The second-order valence-electron chi connectivity index (χ2n) is 13.1. The van der Waals surface area contributed by atoms with Gasteiger partial charge in [-0.05, 0) is 67.9 Å². The summed E-state index contributed by atoms with van der Waals surface area (Å²) in [6, 6.07) is 3.76. The second kappa shape index (κ2) is 16.8. The van der Waals surface area contributed by atoms with Crippen molar-refractivity contribution in [1.82, 2.24) is 0 Å². The normalized spacial score (nSPS) is 17.0. The van der Waals surface area contributed by atoms with Gasteiger partial charge < -0.3 is 9.84 Å². The molecule has 0 aromatic heterocycles. The van der Waals surface area contributed by atoms with Gasteiger partial charge in [-0.2, -0.15) is 0 Å². The summed E-state index contributed by atoms with van der Waals surface area (Å²) in [5.41, 5.74) is 2.75. The third-order valence-electron chi connectivity index (χ3n) is 9.09. The first-order valence-corrected chi connectivity index (χ1v) is 16.7. The lowest BCUT2D eigenvalue weighted by molar-refractivity contribution is -0.144. The van der Waals surface area contributed by atoms with Crippen molar-refractivity contribution >= 4 is 23.3 Å². The van der Waals surface area contributed by atoms with Gasteiger partial charge in [-0.15, -0.1) is 0 Å². The Balaban J connectivity index is 1.36. The van der Waals surface area contributed by atoms with Crippen LogP contribution in [0.15, 0.2) is 29.9 Å². The van der Waals surface area contributed by atoms with E-state index >= 15 is 0 Å². The number of ether oxygens (including phenoxy) is 1. The van der Waals surface area contributed by atoms with Crippen LogP contribution in [0.2, 0.25) is 0 Å². The molecular formula is C37H54O5. The Morgan fingerprint density at radius 2 is 1.55 bits per heavy atom. The molecule has 0 aliphatic heterocycles. The molecule has 0 saturated carbocycles. The first-order chi connectivity index (χ1) is 20.2. The largest absolute Gasteiger partial charge is 0.507 e. The van der Waals surface area contributed by atoms with E-state index in [-0.39, 0.29) is 29.3 Å². The first kappa shape index (κ1) is 33.8. The van der Waals surface area contributed by atoms with Crippen LogP contribution in [0.4, 0.5) is 0 Å². The van der Waals surface area contributed by atoms with Crippen molar-refractivity contribution < 1.29 is 24.2 Å². The van der Waals surface area contributed by atoms with E-state index in [1.54, 1.807) is 13.0 Å². The SMILES string of the molecule is CCCCCCCC/C=C\CCCCCCCC(=O)OC[C@@H](C)C1=C(O)c2ccc3c(c2C(=O)C1=O)CCCC3(C)C. The first-order valence-electron chi connectivity index (χ1n) is 16.7. The molecule has 0 bridgehead atoms. The van der Waals surface area contributed by atoms with E-state index in [0.29, 0.717) is 17.5 Å². The summed E-state index contributed by atoms with van der Waals surface area (Å²) < 4.78 is 5.46. The van der Waals surface area contributed by atoms with Gasteiger partial charge >= 0.3 is 5.97 Å². The number of esters is 1. The number of unbranched alkanes of at least 4 members (excludes halogenated alkanes) is 11. The van der Waals surface area contributed by atoms with Crippen LogP contribution >= 0.6 is 0 Å². The molecule has 0 unspecified atom stereocenters. The van der Waals surface area contributed by atoms with E-state index in [9.17, 15) is 19.5 Å². The maximum absolute atomic E-state index is 13.3. The van der Waals surface area contributed by atoms with Gasteiger partial charge in [0, 0.05) is 23.5 Å². The van der Waals surface area contributed by atoms with Gasteiger partial charge in [-0.25, -0.2) is 0 Å². The third-order valence-corrected chi connectivity index (χ3v) is 9.09. The lowest BCUT2D eigenvalue weighted by Gasteiger charge is -2.35. The maximum Gasteiger partial charge on any atom is 0.305 e. The minimum Gasteiger partial charge on any atom is -0.507 e. The fourth-order valence-electron chi connectivity index (χ4n) is 6.50. The number of aliphatic hydroxyl groups is 1. The Labute approximate surface area is 254 Å². The van der Waals surface area contributed by atoms with E-state index in [4.69, 9.17) is 4.74 Å². The summed E-state index contributed by atoms with van der Waals surface area (Å²) in [4.78, 5) is 38.8. The zero-order valence-electron chi connectivity index (χ0n) is 26.7. The molecule has 0 heterocycles. The smallest absolute Gasteiger partial charge is 0.305 e. The number of aliphatic hydroxyl groups excluding tert-OH is 1. The number of benzene rings is 1. The molecule has 0 fully saturated rings. The van der Waals surface area contributed by atoms with E-state index in [0.717, 1.165) is 56.1 Å². The van der Waals surface area contributed by atoms with Gasteiger partial charge in [0.2, 0.25) is 11.6 Å². The average Bonchev–Trinajstić information content (AvgIpc) is 2.96. The topological polar surface area (TPSA) is 80.7 Å². The fourth-order valence-corrected chi connectivity index (χ4v) is 6.50. The highest BCUT2D eigenvalue weighted by molar-refractivity contribution is 6.52. The van der Waals surface area contributed by atoms with Crippen LogP contribution in [-0.2, 0) is 26.2 Å². The molecule has 0 saturated heterocycles. The molecule has 232 valence electrons. The number of hydrogen-bond acceptors (Lipinski definition) is 5. The molecule has 1 N–H and O–H groups in total. The predicted molar refractivity (Wildman–Crippen MR) is 171 cm³/mol. The maximum atomic E-state index is 13.3. The fraction of sp³-hybridized carbons (Fsp3) is 0.649. The molecule has 42 heavy (non-hydrogen) atoms. The Morgan fingerprint density at radius 3 is 2.21 bits per heavy atom. The minimum atomic E-state index is -0.683. The van der Waals surface area contributed by atoms with E-state index < -0.39 is 17.5 Å². The van der Waals surface area contributed by atoms with Gasteiger partial charge in [-0.3, -0.25) is 14.4 Å². The van der Waals surface area contributed by atoms with Gasteiger partial charge in [0.15, 0.2) is 0 Å². The van der Waals surface area contributed by atoms with Gasteiger partial charge in [-0.1, -0.05) is 103 Å². The van der Waals surface area contributed by atoms with Crippen molar-refractivity contribution in [2.45, 2.75) is 142 Å². The van der Waals surface area contributed by atoms with Gasteiger partial charge in [0.25, 0.3) is 0 Å². The molecular weight excluding hydrogens is 524 g/mol. The number of carbonyl (C=O) groups excluding carboxylic acids is 3. The highest BCUT2D eigenvalue weighted by Gasteiger charge is 2.40. The summed E-state index contributed by atoms with van der Waals surface area (Å²) in [5, 5.41) is 11.1. The molecule has 0 radical (unpaired) electrons. The second-order valence-corrected chi connectivity index (χ2v) is 13.1. The van der Waals surface area contributed by atoms with Crippen LogP contribution in [0, 0.1) is 5.92 Å². The molecule has 5 nitrogen and oxygen atoms in total. The number of rotatable bonds is 18. The van der Waals surface area contributed by atoms with E-state index in [1.807, 2.05) is 6.07 Å². The zero-order valence-corrected chi connectivity index (χ0v) is 26.7.